The van der Waals surface area contributed by atoms with E-state index in [0.717, 1.165) is 25.7 Å². The first-order chi connectivity index (χ1) is 13.8. The monoisotopic (exact) mass is 424 g/mol. The Bertz CT molecular complexity index is 818. The average Bonchev–Trinajstić information content (AvgIpc) is 3.09. The zero-order chi connectivity index (χ0) is 21.0. The van der Waals surface area contributed by atoms with Crippen molar-refractivity contribution in [3.05, 3.63) is 35.4 Å². The highest BCUT2D eigenvalue weighted by Gasteiger charge is 2.43. The minimum absolute atomic E-state index is 0.0558. The third kappa shape index (κ3) is 5.15. The molecule has 1 heterocycles. The Morgan fingerprint density at radius 2 is 1.86 bits per heavy atom. The molecule has 1 aromatic carbocycles. The van der Waals surface area contributed by atoms with Gasteiger partial charge in [0.25, 0.3) is 6.47 Å². The molecule has 1 saturated heterocycles. The van der Waals surface area contributed by atoms with Crippen LogP contribution in [0.4, 0.5) is 0 Å². The van der Waals surface area contributed by atoms with E-state index in [0.29, 0.717) is 19.6 Å². The summed E-state index contributed by atoms with van der Waals surface area (Å²) in [5, 5.41) is 10.1. The maximum Gasteiger partial charge on any atom is 0.290 e. The Labute approximate surface area is 171 Å². The molecule has 9 heteroatoms. The Hall–Kier alpha value is -1.97. The van der Waals surface area contributed by atoms with Crippen LogP contribution in [0.1, 0.15) is 30.4 Å². The van der Waals surface area contributed by atoms with E-state index in [1.54, 1.807) is 0 Å². The topological polar surface area (TPSA) is 113 Å². The van der Waals surface area contributed by atoms with Crippen molar-refractivity contribution in [1.82, 2.24) is 9.62 Å². The summed E-state index contributed by atoms with van der Waals surface area (Å²) < 4.78 is 31.5. The van der Waals surface area contributed by atoms with Gasteiger partial charge in [-0.25, -0.2) is 8.42 Å². The van der Waals surface area contributed by atoms with Crippen molar-refractivity contribution in [3.63, 3.8) is 0 Å². The molecule has 0 bridgehead atoms. The quantitative estimate of drug-likeness (QED) is 0.694. The van der Waals surface area contributed by atoms with Gasteiger partial charge < -0.3 is 15.2 Å². The lowest BCUT2D eigenvalue weighted by Crippen LogP contribution is -2.57. The van der Waals surface area contributed by atoms with Gasteiger partial charge in [0.05, 0.1) is 25.0 Å². The minimum atomic E-state index is -3.28. The number of sulfonamides is 1. The average molecular weight is 425 g/mol. The van der Waals surface area contributed by atoms with Crippen LogP contribution in [0.2, 0.25) is 0 Å². The molecule has 0 unspecified atom stereocenters. The van der Waals surface area contributed by atoms with Gasteiger partial charge in [0.15, 0.2) is 0 Å². The van der Waals surface area contributed by atoms with Gasteiger partial charge in [-0.1, -0.05) is 24.3 Å². The van der Waals surface area contributed by atoms with E-state index in [-0.39, 0.29) is 36.5 Å². The van der Waals surface area contributed by atoms with Crippen LogP contribution in [-0.2, 0) is 37.2 Å². The molecule has 29 heavy (non-hydrogen) atoms. The SMILES string of the molecule is CS(=O)(=O)N1CCO[C@@H]2CC[C@H](C(=O)NC3Cc4ccccc4C3)C[C@H]21.O=CO. The standard InChI is InChI=1S/C19H26N2O4S.CH2O2/c1-26(23,24)21-8-9-25-18-7-6-15(12-17(18)21)19(22)20-16-10-13-4-2-3-5-14(13)11-16;2-1-3/h2-5,15-18H,6-12H2,1H3,(H,20,22);1H,(H,2,3)/t15-,17+,18+;/m0./s1. The Morgan fingerprint density at radius 1 is 1.24 bits per heavy atom. The predicted octanol–water partition coefficient (Wildman–Crippen LogP) is 0.800. The highest BCUT2D eigenvalue weighted by atomic mass is 32.2. The number of carboxylic acid groups (broad SMARTS) is 1. The Kier molecular flexibility index (Phi) is 6.92. The molecule has 2 N–H and O–H groups in total. The summed E-state index contributed by atoms with van der Waals surface area (Å²) in [5.41, 5.74) is 2.62. The number of morpholine rings is 1. The van der Waals surface area contributed by atoms with Crippen LogP contribution >= 0.6 is 0 Å². The first-order valence-electron chi connectivity index (χ1n) is 9.87. The summed E-state index contributed by atoms with van der Waals surface area (Å²) in [6.07, 6.45) is 4.94. The first-order valence-corrected chi connectivity index (χ1v) is 11.7. The predicted molar refractivity (Wildman–Crippen MR) is 107 cm³/mol. The van der Waals surface area contributed by atoms with Gasteiger partial charge in [-0.15, -0.1) is 0 Å². The molecule has 0 aromatic heterocycles. The van der Waals surface area contributed by atoms with Crippen molar-refractivity contribution in [2.24, 2.45) is 5.92 Å². The largest absolute Gasteiger partial charge is 0.483 e. The smallest absolute Gasteiger partial charge is 0.290 e. The van der Waals surface area contributed by atoms with Crippen molar-refractivity contribution < 1.29 is 27.9 Å². The maximum absolute atomic E-state index is 12.8. The number of hydrogen-bond acceptors (Lipinski definition) is 5. The van der Waals surface area contributed by atoms with Crippen LogP contribution in [-0.4, -0.2) is 67.8 Å². The maximum atomic E-state index is 12.8. The van der Waals surface area contributed by atoms with Crippen molar-refractivity contribution in [3.8, 4) is 0 Å². The Morgan fingerprint density at radius 3 is 2.45 bits per heavy atom. The molecule has 0 radical (unpaired) electrons. The molecule has 3 atom stereocenters. The highest BCUT2D eigenvalue weighted by molar-refractivity contribution is 7.88. The fourth-order valence-corrected chi connectivity index (χ4v) is 5.83. The number of benzene rings is 1. The molecule has 8 nitrogen and oxygen atoms in total. The summed E-state index contributed by atoms with van der Waals surface area (Å²) in [6, 6.07) is 8.24. The van der Waals surface area contributed by atoms with Gasteiger partial charge in [0, 0.05) is 18.5 Å². The van der Waals surface area contributed by atoms with Gasteiger partial charge >= 0.3 is 0 Å². The number of carbonyl (C=O) groups excluding carboxylic acids is 1. The van der Waals surface area contributed by atoms with E-state index in [2.05, 4.69) is 17.4 Å². The van der Waals surface area contributed by atoms with Crippen molar-refractivity contribution in [1.29, 1.82) is 0 Å². The highest BCUT2D eigenvalue weighted by Crippen LogP contribution is 2.34. The van der Waals surface area contributed by atoms with Gasteiger partial charge in [-0.05, 0) is 43.2 Å². The summed E-state index contributed by atoms with van der Waals surface area (Å²) >= 11 is 0. The third-order valence-electron chi connectivity index (χ3n) is 5.96. The first kappa shape index (κ1) is 21.7. The van der Waals surface area contributed by atoms with E-state index in [1.165, 1.54) is 21.7 Å². The molecule has 2 aliphatic carbocycles. The number of fused-ring (bicyclic) bond motifs is 2. The number of rotatable bonds is 3. The second-order valence-electron chi connectivity index (χ2n) is 7.85. The van der Waals surface area contributed by atoms with Crippen molar-refractivity contribution in [2.45, 2.75) is 50.3 Å². The lowest BCUT2D eigenvalue weighted by atomic mass is 9.82. The van der Waals surface area contributed by atoms with E-state index in [1.807, 2.05) is 12.1 Å². The van der Waals surface area contributed by atoms with Crippen LogP contribution in [0, 0.1) is 5.92 Å². The Balaban J connectivity index is 0.000000755. The van der Waals surface area contributed by atoms with Crippen LogP contribution in [0.25, 0.3) is 0 Å². The second kappa shape index (κ2) is 9.23. The normalized spacial score (nSPS) is 27.1. The number of nitrogens with one attached hydrogen (secondary N) is 1. The third-order valence-corrected chi connectivity index (χ3v) is 7.27. The lowest BCUT2D eigenvalue weighted by Gasteiger charge is -2.44. The summed E-state index contributed by atoms with van der Waals surface area (Å²) in [6.45, 7) is 0.567. The van der Waals surface area contributed by atoms with E-state index in [4.69, 9.17) is 14.6 Å². The zero-order valence-electron chi connectivity index (χ0n) is 16.5. The van der Waals surface area contributed by atoms with E-state index < -0.39 is 10.0 Å². The number of hydrogen-bond donors (Lipinski definition) is 2. The molecule has 1 amide bonds. The summed E-state index contributed by atoms with van der Waals surface area (Å²) in [5.74, 6) is -0.0915. The van der Waals surface area contributed by atoms with Crippen molar-refractivity contribution >= 4 is 22.4 Å². The molecule has 160 valence electrons. The van der Waals surface area contributed by atoms with Crippen LogP contribution in [0.5, 0.6) is 0 Å². The molecular weight excluding hydrogens is 396 g/mol. The number of carbonyl (C=O) groups is 2. The molecule has 1 aliphatic heterocycles. The van der Waals surface area contributed by atoms with Crippen molar-refractivity contribution in [2.75, 3.05) is 19.4 Å². The van der Waals surface area contributed by atoms with Crippen LogP contribution in [0.15, 0.2) is 24.3 Å². The number of ether oxygens (including phenoxy) is 1. The lowest BCUT2D eigenvalue weighted by molar-refractivity contribution is -0.131. The zero-order valence-corrected chi connectivity index (χ0v) is 17.3. The molecule has 1 aromatic rings. The van der Waals surface area contributed by atoms with Gasteiger partial charge in [-0.2, -0.15) is 4.31 Å². The summed E-state index contributed by atoms with van der Waals surface area (Å²) in [7, 11) is -3.28. The molecule has 3 aliphatic rings. The van der Waals surface area contributed by atoms with Gasteiger partial charge in [0.2, 0.25) is 15.9 Å². The van der Waals surface area contributed by atoms with E-state index >= 15 is 0 Å². The fourth-order valence-electron chi connectivity index (χ4n) is 4.71. The molecule has 2 fully saturated rings. The van der Waals surface area contributed by atoms with Gasteiger partial charge in [-0.3, -0.25) is 9.59 Å². The second-order valence-corrected chi connectivity index (χ2v) is 9.78. The minimum Gasteiger partial charge on any atom is -0.483 e. The summed E-state index contributed by atoms with van der Waals surface area (Å²) in [4.78, 5) is 21.2. The van der Waals surface area contributed by atoms with Gasteiger partial charge in [0.1, 0.15) is 0 Å². The van der Waals surface area contributed by atoms with Crippen LogP contribution < -0.4 is 5.32 Å². The fraction of sp³-hybridized carbons (Fsp3) is 0.600. The number of amides is 1. The van der Waals surface area contributed by atoms with E-state index in [9.17, 15) is 13.2 Å². The van der Waals surface area contributed by atoms with Crippen LogP contribution in [0.3, 0.4) is 0 Å². The molecule has 0 spiro atoms. The molecule has 1 saturated carbocycles. The molecular formula is C20H28N2O6S. The number of nitrogens with zero attached hydrogens (tertiary/aromatic N) is 1. The molecule has 4 rings (SSSR count).